The van der Waals surface area contributed by atoms with Crippen molar-refractivity contribution < 1.29 is 15.1 Å². The van der Waals surface area contributed by atoms with Gasteiger partial charge in [0.05, 0.1) is 17.2 Å². The van der Waals surface area contributed by atoms with E-state index in [1.165, 1.54) is 11.6 Å². The molecule has 130 valence electrons. The van der Waals surface area contributed by atoms with Gasteiger partial charge in [-0.3, -0.25) is 10.0 Å². The number of rotatable bonds is 7. The molecule has 3 rings (SSSR count). The third-order valence-electron chi connectivity index (χ3n) is 3.72. The van der Waals surface area contributed by atoms with E-state index in [4.69, 9.17) is 5.21 Å². The summed E-state index contributed by atoms with van der Waals surface area (Å²) in [5.74, 6) is 0.0758. The van der Waals surface area contributed by atoms with E-state index in [0.717, 1.165) is 22.9 Å². The third kappa shape index (κ3) is 3.90. The lowest BCUT2D eigenvalue weighted by molar-refractivity contribution is -0.124. The Morgan fingerprint density at radius 1 is 1.40 bits per heavy atom. The number of aromatic amines is 1. The number of aromatic nitrogens is 5. The highest BCUT2D eigenvalue weighted by Gasteiger charge is 2.19. The van der Waals surface area contributed by atoms with Gasteiger partial charge in [0, 0.05) is 12.7 Å². The fourth-order valence-corrected chi connectivity index (χ4v) is 2.53. The summed E-state index contributed by atoms with van der Waals surface area (Å²) < 4.78 is 1.64. The van der Waals surface area contributed by atoms with Crippen molar-refractivity contribution >= 4 is 23.0 Å². The molecule has 4 N–H and O–H groups in total. The summed E-state index contributed by atoms with van der Waals surface area (Å²) in [7, 11) is 0. The largest absolute Gasteiger partial charge is 0.396 e. The Kier molecular flexibility index (Phi) is 5.17. The van der Waals surface area contributed by atoms with Crippen LogP contribution in [0.25, 0.3) is 17.1 Å². The van der Waals surface area contributed by atoms with E-state index in [-0.39, 0.29) is 12.6 Å². The summed E-state index contributed by atoms with van der Waals surface area (Å²) in [5.41, 5.74) is 3.75. The van der Waals surface area contributed by atoms with Gasteiger partial charge in [0.1, 0.15) is 17.6 Å². The van der Waals surface area contributed by atoms with E-state index >= 15 is 0 Å². The summed E-state index contributed by atoms with van der Waals surface area (Å²) in [6.07, 6.45) is 5.48. The van der Waals surface area contributed by atoms with Gasteiger partial charge in [0.15, 0.2) is 0 Å². The van der Waals surface area contributed by atoms with Crippen molar-refractivity contribution in [3.63, 3.8) is 0 Å². The zero-order chi connectivity index (χ0) is 17.6. The topological polar surface area (TPSA) is 129 Å². The molecule has 1 aromatic carbocycles. The van der Waals surface area contributed by atoms with Crippen LogP contribution in [-0.2, 0) is 4.79 Å². The van der Waals surface area contributed by atoms with E-state index in [1.54, 1.807) is 10.9 Å². The molecule has 0 radical (unpaired) electrons. The number of hydrogen-bond acceptors (Lipinski definition) is 6. The first kappa shape index (κ1) is 16.8. The first-order chi connectivity index (χ1) is 12.2. The first-order valence-electron chi connectivity index (χ1n) is 7.80. The molecule has 2 aromatic heterocycles. The van der Waals surface area contributed by atoms with Gasteiger partial charge in [-0.2, -0.15) is 0 Å². The molecule has 0 saturated heterocycles. The van der Waals surface area contributed by atoms with Crippen molar-refractivity contribution in [3.05, 3.63) is 48.1 Å². The van der Waals surface area contributed by atoms with Crippen LogP contribution >= 0.6 is 0 Å². The molecule has 1 atom stereocenters. The highest BCUT2D eigenvalue weighted by Crippen LogP contribution is 2.23. The van der Waals surface area contributed by atoms with Crippen LogP contribution in [0, 0.1) is 0 Å². The zero-order valence-electron chi connectivity index (χ0n) is 13.3. The lowest BCUT2D eigenvalue weighted by Crippen LogP contribution is -2.14. The summed E-state index contributed by atoms with van der Waals surface area (Å²) in [6.45, 7) is 0.0643. The van der Waals surface area contributed by atoms with Crippen LogP contribution in [0.3, 0.4) is 0 Å². The van der Waals surface area contributed by atoms with Crippen molar-refractivity contribution in [3.8, 4) is 0 Å². The van der Waals surface area contributed by atoms with Gasteiger partial charge in [0.25, 0.3) is 5.91 Å². The van der Waals surface area contributed by atoms with Gasteiger partial charge in [-0.15, -0.1) is 5.10 Å². The number of carbonyl (C=O) groups is 1. The zero-order valence-corrected chi connectivity index (χ0v) is 13.3. The molecule has 0 saturated carbocycles. The van der Waals surface area contributed by atoms with Crippen molar-refractivity contribution in [2.24, 2.45) is 0 Å². The van der Waals surface area contributed by atoms with E-state index < -0.39 is 5.91 Å². The SMILES string of the molecule is O=C(C=Cc1cn(C(CCCO)c2nc3ccccc3[nH]2)nn1)NO. The van der Waals surface area contributed by atoms with Crippen molar-refractivity contribution in [1.82, 2.24) is 30.4 Å². The molecule has 2 heterocycles. The predicted octanol–water partition coefficient (Wildman–Crippen LogP) is 1.03. The van der Waals surface area contributed by atoms with Gasteiger partial charge in [0.2, 0.25) is 0 Å². The van der Waals surface area contributed by atoms with Gasteiger partial charge in [-0.05, 0) is 31.1 Å². The number of benzene rings is 1. The van der Waals surface area contributed by atoms with E-state index in [0.29, 0.717) is 18.5 Å². The Balaban J connectivity index is 1.89. The van der Waals surface area contributed by atoms with E-state index in [1.807, 2.05) is 24.3 Å². The Morgan fingerprint density at radius 3 is 3.00 bits per heavy atom. The van der Waals surface area contributed by atoms with Crippen molar-refractivity contribution in [1.29, 1.82) is 0 Å². The van der Waals surface area contributed by atoms with Crippen LogP contribution in [0.1, 0.15) is 30.4 Å². The molecule has 9 heteroatoms. The summed E-state index contributed by atoms with van der Waals surface area (Å²) >= 11 is 0. The van der Waals surface area contributed by atoms with Gasteiger partial charge in [-0.1, -0.05) is 17.3 Å². The average Bonchev–Trinajstić information content (AvgIpc) is 3.27. The Bertz CT molecular complexity index is 852. The summed E-state index contributed by atoms with van der Waals surface area (Å²) in [4.78, 5) is 18.9. The van der Waals surface area contributed by atoms with Crippen LogP contribution in [-0.4, -0.2) is 47.8 Å². The molecule has 25 heavy (non-hydrogen) atoms. The normalized spacial score (nSPS) is 12.7. The number of hydroxylamine groups is 1. The highest BCUT2D eigenvalue weighted by molar-refractivity contribution is 5.90. The van der Waals surface area contributed by atoms with Crippen LogP contribution in [0.4, 0.5) is 0 Å². The number of carbonyl (C=O) groups excluding carboxylic acids is 1. The van der Waals surface area contributed by atoms with E-state index in [2.05, 4.69) is 20.3 Å². The molecule has 0 aliphatic carbocycles. The predicted molar refractivity (Wildman–Crippen MR) is 89.5 cm³/mol. The monoisotopic (exact) mass is 342 g/mol. The highest BCUT2D eigenvalue weighted by atomic mass is 16.5. The minimum absolute atomic E-state index is 0.0643. The van der Waals surface area contributed by atoms with Crippen LogP contribution in [0.2, 0.25) is 0 Å². The Labute approximate surface area is 143 Å². The quantitative estimate of drug-likeness (QED) is 0.288. The van der Waals surface area contributed by atoms with Gasteiger partial charge < -0.3 is 10.1 Å². The second-order valence-electron chi connectivity index (χ2n) is 5.45. The summed E-state index contributed by atoms with van der Waals surface area (Å²) in [5, 5.41) is 25.8. The van der Waals surface area contributed by atoms with Crippen LogP contribution in [0.5, 0.6) is 0 Å². The second-order valence-corrected chi connectivity index (χ2v) is 5.45. The van der Waals surface area contributed by atoms with Gasteiger partial charge in [-0.25, -0.2) is 15.1 Å². The molecule has 1 unspecified atom stereocenters. The molecule has 1 amide bonds. The molecule has 0 spiro atoms. The van der Waals surface area contributed by atoms with Crippen LogP contribution < -0.4 is 5.48 Å². The Hall–Kier alpha value is -3.04. The molecule has 0 bridgehead atoms. The number of nitrogens with one attached hydrogen (secondary N) is 2. The molecule has 0 aliphatic heterocycles. The smallest absolute Gasteiger partial charge is 0.267 e. The molecule has 0 fully saturated rings. The Morgan fingerprint density at radius 2 is 2.24 bits per heavy atom. The maximum atomic E-state index is 11.0. The number of hydrogen-bond donors (Lipinski definition) is 4. The standard InChI is InChI=1S/C16H18N6O3/c23-9-3-6-14(16-17-12-4-1-2-5-13(12)18-16)22-10-11(19-21-22)7-8-15(24)20-25/h1-2,4-5,7-8,10,14,23,25H,3,6,9H2,(H,17,18)(H,20,24). The number of fused-ring (bicyclic) bond motifs is 1. The molecular weight excluding hydrogens is 324 g/mol. The van der Waals surface area contributed by atoms with Crippen molar-refractivity contribution in [2.45, 2.75) is 18.9 Å². The maximum absolute atomic E-state index is 11.0. The number of nitrogens with zero attached hydrogens (tertiary/aromatic N) is 4. The number of H-pyrrole nitrogens is 1. The lowest BCUT2D eigenvalue weighted by Gasteiger charge is -2.13. The number of amides is 1. The second kappa shape index (κ2) is 7.69. The molecule has 3 aromatic rings. The first-order valence-corrected chi connectivity index (χ1v) is 7.80. The fraction of sp³-hybridized carbons (Fsp3) is 0.250. The number of imidazole rings is 1. The number of para-hydroxylation sites is 2. The summed E-state index contributed by atoms with van der Waals surface area (Å²) in [6, 6.07) is 7.48. The number of aliphatic hydroxyl groups is 1. The minimum atomic E-state index is -0.649. The van der Waals surface area contributed by atoms with Gasteiger partial charge >= 0.3 is 0 Å². The average molecular weight is 342 g/mol. The molecular formula is C16H18N6O3. The minimum Gasteiger partial charge on any atom is -0.396 e. The molecule has 0 aliphatic rings. The van der Waals surface area contributed by atoms with Crippen molar-refractivity contribution in [2.75, 3.05) is 6.61 Å². The third-order valence-corrected chi connectivity index (χ3v) is 3.72. The van der Waals surface area contributed by atoms with E-state index in [9.17, 15) is 9.90 Å². The number of aliphatic hydroxyl groups excluding tert-OH is 1. The van der Waals surface area contributed by atoms with Crippen LogP contribution in [0.15, 0.2) is 36.5 Å². The molecule has 9 nitrogen and oxygen atoms in total. The maximum Gasteiger partial charge on any atom is 0.267 e. The fourth-order valence-electron chi connectivity index (χ4n) is 2.53. The lowest BCUT2D eigenvalue weighted by atomic mass is 10.1.